The van der Waals surface area contributed by atoms with E-state index in [0.29, 0.717) is 55.9 Å². The van der Waals surface area contributed by atoms with Crippen LogP contribution >= 0.6 is 0 Å². The summed E-state index contributed by atoms with van der Waals surface area (Å²) in [5.74, 6) is 0.520. The van der Waals surface area contributed by atoms with Crippen LogP contribution in [0.4, 0.5) is 11.4 Å². The quantitative estimate of drug-likeness (QED) is 0.0305. The molecule has 0 saturated heterocycles. The summed E-state index contributed by atoms with van der Waals surface area (Å²) in [5, 5.41) is 22.9. The van der Waals surface area contributed by atoms with Crippen LogP contribution in [-0.2, 0) is 53.0 Å². The number of unbranched alkanes of at least 4 members (excludes halogenated alkanes) is 3. The fraction of sp³-hybridized carbons (Fsp3) is 0.309. The molecule has 6 aromatic rings. The SMILES string of the molecule is Cc1nnc(-c2ccc(CNC(=O)CCCCCN3C(=CC=CC=CC=CC4=[N+](CCCCS(=O)(=O)[O-])c5ccc6c[c-]ccc6c5C4(C)C)C(C)(C)c4c3ccc3cc(S(=O)(=O)[O-])ccc43)cc2)nn1.O=S(=O)=O.[Na+].[Na+]. The Morgan fingerprint density at radius 3 is 2.10 bits per heavy atom. The van der Waals surface area contributed by atoms with Gasteiger partial charge >= 0.3 is 69.7 Å². The second-order valence-electron chi connectivity index (χ2n) is 19.3. The molecule has 0 atom stereocenters. The number of aryl methyl sites for hydroxylation is 1. The van der Waals surface area contributed by atoms with Crippen molar-refractivity contribution in [1.29, 1.82) is 0 Å². The molecule has 1 aromatic heterocycles. The average Bonchev–Trinajstić information content (AvgIpc) is 3.71. The zero-order chi connectivity index (χ0) is 54.1. The third-order valence-corrected chi connectivity index (χ3v) is 15.0. The van der Waals surface area contributed by atoms with Crippen molar-refractivity contribution in [2.24, 2.45) is 0 Å². The molecule has 0 bridgehead atoms. The molecule has 2 aliphatic heterocycles. The maximum absolute atomic E-state index is 12.9. The van der Waals surface area contributed by atoms with Crippen molar-refractivity contribution in [3.8, 4) is 11.4 Å². The van der Waals surface area contributed by atoms with Gasteiger partial charge in [-0.3, -0.25) is 4.79 Å². The number of aromatic nitrogens is 4. The maximum Gasteiger partial charge on any atom is 1.00 e. The Balaban J connectivity index is 0.00000176. The second-order valence-corrected chi connectivity index (χ2v) is 22.6. The number of rotatable bonds is 19. The van der Waals surface area contributed by atoms with Crippen molar-refractivity contribution in [2.45, 2.75) is 95.4 Å². The normalized spacial score (nSPS) is 15.2. The summed E-state index contributed by atoms with van der Waals surface area (Å²) < 4.78 is 97.5. The van der Waals surface area contributed by atoms with Crippen molar-refractivity contribution in [2.75, 3.05) is 23.7 Å². The van der Waals surface area contributed by atoms with Gasteiger partial charge in [-0.2, -0.15) is 28.8 Å². The Morgan fingerprint density at radius 1 is 0.753 bits per heavy atom. The molecule has 392 valence electrons. The van der Waals surface area contributed by atoms with Crippen molar-refractivity contribution in [1.82, 2.24) is 25.7 Å². The van der Waals surface area contributed by atoms with Crippen molar-refractivity contribution in [3.63, 3.8) is 0 Å². The molecule has 1 amide bonds. The molecule has 0 aliphatic carbocycles. The zero-order valence-corrected chi connectivity index (χ0v) is 50.6. The van der Waals surface area contributed by atoms with Gasteiger partial charge in [-0.15, -0.1) is 49.9 Å². The Morgan fingerprint density at radius 2 is 1.42 bits per heavy atom. The molecule has 0 fully saturated rings. The summed E-state index contributed by atoms with van der Waals surface area (Å²) in [4.78, 5) is 14.9. The molecule has 77 heavy (non-hydrogen) atoms. The van der Waals surface area contributed by atoms with E-state index in [1.54, 1.807) is 13.0 Å². The number of anilines is 1. The van der Waals surface area contributed by atoms with Crippen LogP contribution in [0.25, 0.3) is 32.9 Å². The molecule has 5 aromatic carbocycles. The van der Waals surface area contributed by atoms with E-state index in [1.165, 1.54) is 17.7 Å². The van der Waals surface area contributed by atoms with Gasteiger partial charge in [-0.25, -0.2) is 16.8 Å². The van der Waals surface area contributed by atoms with Crippen LogP contribution in [0.3, 0.4) is 0 Å². The average molecular weight is 1120 g/mol. The van der Waals surface area contributed by atoms with Crippen LogP contribution in [0.2, 0.25) is 0 Å². The first-order chi connectivity index (χ1) is 35.6. The minimum atomic E-state index is -4.64. The first-order valence-corrected chi connectivity index (χ1v) is 28.3. The smallest absolute Gasteiger partial charge is 0.748 e. The van der Waals surface area contributed by atoms with Gasteiger partial charge in [0.25, 0.3) is 0 Å². The predicted octanol–water partition coefficient (Wildman–Crippen LogP) is 2.19. The number of nitrogens with zero attached hydrogens (tertiary/aromatic N) is 6. The van der Waals surface area contributed by atoms with Crippen LogP contribution in [0.15, 0.2) is 138 Å². The van der Waals surface area contributed by atoms with E-state index >= 15 is 0 Å². The predicted molar refractivity (Wildman–Crippen MR) is 285 cm³/mol. The Hall–Kier alpha value is -5.10. The van der Waals surface area contributed by atoms with Gasteiger partial charge in [0.15, 0.2) is 11.5 Å². The van der Waals surface area contributed by atoms with Gasteiger partial charge in [0, 0.05) is 65.7 Å². The number of allylic oxidation sites excluding steroid dienone is 8. The molecule has 2 aliphatic rings. The second kappa shape index (κ2) is 27.2. The maximum atomic E-state index is 12.9. The van der Waals surface area contributed by atoms with E-state index in [9.17, 15) is 30.7 Å². The minimum Gasteiger partial charge on any atom is -0.748 e. The fourth-order valence-corrected chi connectivity index (χ4v) is 11.0. The van der Waals surface area contributed by atoms with E-state index in [0.717, 1.165) is 68.5 Å². The molecular weight excluding hydrogens is 1060 g/mol. The number of hydrogen-bond acceptors (Lipinski definition) is 15. The zero-order valence-electron chi connectivity index (χ0n) is 44.2. The summed E-state index contributed by atoms with van der Waals surface area (Å²) in [5.41, 5.74) is 7.29. The van der Waals surface area contributed by atoms with Gasteiger partial charge < -0.3 is 19.3 Å². The van der Waals surface area contributed by atoms with Gasteiger partial charge in [0.2, 0.25) is 17.4 Å². The number of carbonyl (C=O) groups is 1. The van der Waals surface area contributed by atoms with E-state index < -0.39 is 42.0 Å². The van der Waals surface area contributed by atoms with E-state index in [1.807, 2.05) is 78.9 Å². The fourth-order valence-electron chi connectivity index (χ4n) is 9.91. The van der Waals surface area contributed by atoms with Gasteiger partial charge in [0.1, 0.15) is 16.7 Å². The summed E-state index contributed by atoms with van der Waals surface area (Å²) in [6.07, 6.45) is 17.7. The van der Waals surface area contributed by atoms with Gasteiger partial charge in [0.05, 0.1) is 20.4 Å². The third kappa shape index (κ3) is 15.8. The first-order valence-electron chi connectivity index (χ1n) is 24.3. The third-order valence-electron chi connectivity index (χ3n) is 13.3. The first kappa shape index (κ1) is 62.7. The van der Waals surface area contributed by atoms with Crippen LogP contribution in [0.5, 0.6) is 0 Å². The number of nitrogens with one attached hydrogen (secondary N) is 1. The molecule has 0 unspecified atom stereocenters. The molecule has 0 spiro atoms. The molecular formula is C55H57N7Na2O10S3. The molecule has 17 nitrogen and oxygen atoms in total. The van der Waals surface area contributed by atoms with E-state index in [-0.39, 0.29) is 81.8 Å². The standard InChI is InChI=1S/C55H59N7O7S2.2Na.O3S/c1-38-57-59-53(60-58-38)41-25-23-39(24-26-41)37-56-50(63)22-12-9-15-33-61-47-32-28-42-36-43(71(67,68)69)29-30-45(42)52(47)55(4,5)49(61)21-11-8-6-7-10-20-48-54(2,3)51-44-19-14-13-18-40(44)27-31-46(51)62(48)34-16-17-35-70(64,65)66;;;1-4(2)3/h6-8,10-11,14,18-21,23-32,36H,9,12,15-17,22,33-35,37H2,1-5H3,(H,56,63)(H,64,65,66)(H,67,68,69);;;/q;2*+1;/p-2. The topological polar surface area (TPSA) is 253 Å². The number of carbonyl (C=O) groups excluding carboxylic acids is 1. The molecule has 3 heterocycles. The molecule has 22 heteroatoms. The number of benzene rings is 5. The van der Waals surface area contributed by atoms with E-state index in [4.69, 9.17) is 12.6 Å². The number of hydrogen-bond donors (Lipinski definition) is 1. The summed E-state index contributed by atoms with van der Waals surface area (Å²) in [6, 6.07) is 29.4. The Labute approximate surface area is 495 Å². The largest absolute Gasteiger partial charge is 1.00 e. The van der Waals surface area contributed by atoms with Gasteiger partial charge in [-0.05, 0) is 92.3 Å². The van der Waals surface area contributed by atoms with Crippen molar-refractivity contribution < 1.29 is 107 Å². The Kier molecular flexibility index (Phi) is 22.1. The number of fused-ring (bicyclic) bond motifs is 6. The van der Waals surface area contributed by atoms with Crippen LogP contribution in [-0.4, -0.2) is 94.0 Å². The van der Waals surface area contributed by atoms with Crippen molar-refractivity contribution >= 4 is 75.4 Å². The van der Waals surface area contributed by atoms with Crippen LogP contribution in [0, 0.1) is 13.0 Å². The molecule has 1 N–H and O–H groups in total. The van der Waals surface area contributed by atoms with Crippen molar-refractivity contribution in [3.05, 3.63) is 162 Å². The van der Waals surface area contributed by atoms with Crippen LogP contribution in [0.1, 0.15) is 88.7 Å². The van der Waals surface area contributed by atoms with Gasteiger partial charge in [-0.1, -0.05) is 87.0 Å². The molecule has 0 radical (unpaired) electrons. The Bertz CT molecular complexity index is 3640. The summed E-state index contributed by atoms with van der Waals surface area (Å²) >= 11 is 0. The molecule has 8 rings (SSSR count). The van der Waals surface area contributed by atoms with Crippen LogP contribution < -0.4 is 69.3 Å². The van der Waals surface area contributed by atoms with E-state index in [2.05, 4.69) is 99.3 Å². The number of amides is 1. The minimum absolute atomic E-state index is 0. The summed E-state index contributed by atoms with van der Waals surface area (Å²) in [6.45, 7) is 12.1. The summed E-state index contributed by atoms with van der Waals surface area (Å²) in [7, 11) is -12.0. The molecule has 0 saturated carbocycles. The monoisotopic (exact) mass is 1120 g/mol.